The molecule has 0 unspecified atom stereocenters. The molecule has 0 saturated carbocycles. The van der Waals surface area contributed by atoms with E-state index in [2.05, 4.69) is 4.98 Å². The van der Waals surface area contributed by atoms with Crippen LogP contribution in [0.5, 0.6) is 0 Å². The molecule has 5 heteroatoms. The number of halogens is 1. The lowest BCUT2D eigenvalue weighted by Crippen LogP contribution is -2.25. The number of rotatable bonds is 4. The molecule has 0 N–H and O–H groups in total. The van der Waals surface area contributed by atoms with E-state index in [-0.39, 0.29) is 30.1 Å². The first-order valence-electron chi connectivity index (χ1n) is 5.84. The summed E-state index contributed by atoms with van der Waals surface area (Å²) in [6.07, 6.45) is 1.53. The second-order valence-electron chi connectivity index (χ2n) is 4.34. The highest BCUT2D eigenvalue weighted by Crippen LogP contribution is 2.04. The molecule has 4 nitrogen and oxygen atoms in total. The van der Waals surface area contributed by atoms with Gasteiger partial charge in [0.15, 0.2) is 5.78 Å². The van der Waals surface area contributed by atoms with Crippen molar-refractivity contribution in [2.24, 2.45) is 0 Å². The van der Waals surface area contributed by atoms with Crippen LogP contribution in [0.4, 0.5) is 4.39 Å². The molecule has 0 bridgehead atoms. The Hall–Kier alpha value is -2.30. The lowest BCUT2D eigenvalue weighted by atomic mass is 10.1. The standard InChI is InChI=1S/C14H13FN2O2/c1-10-6-14(19)17(9-16-10)8-13(18)7-11-2-4-12(15)5-3-11/h2-6,9H,7-8H2,1H3. The summed E-state index contributed by atoms with van der Waals surface area (Å²) in [5.74, 6) is -0.463. The second kappa shape index (κ2) is 5.56. The fraction of sp³-hybridized carbons (Fsp3) is 0.214. The molecule has 19 heavy (non-hydrogen) atoms. The number of hydrogen-bond donors (Lipinski definition) is 0. The minimum Gasteiger partial charge on any atom is -0.297 e. The smallest absolute Gasteiger partial charge is 0.253 e. The van der Waals surface area contributed by atoms with Crippen molar-refractivity contribution in [2.45, 2.75) is 19.9 Å². The maximum Gasteiger partial charge on any atom is 0.253 e. The van der Waals surface area contributed by atoms with E-state index in [0.717, 1.165) is 5.56 Å². The van der Waals surface area contributed by atoms with E-state index in [4.69, 9.17) is 0 Å². The minimum absolute atomic E-state index is 0.0243. The molecule has 0 atom stereocenters. The van der Waals surface area contributed by atoms with Crippen LogP contribution in [-0.4, -0.2) is 15.3 Å². The monoisotopic (exact) mass is 260 g/mol. The van der Waals surface area contributed by atoms with Crippen LogP contribution in [0.15, 0.2) is 41.5 Å². The molecule has 1 aromatic carbocycles. The summed E-state index contributed by atoms with van der Waals surface area (Å²) in [6.45, 7) is 1.69. The topological polar surface area (TPSA) is 52.0 Å². The van der Waals surface area contributed by atoms with Gasteiger partial charge in [-0.1, -0.05) is 12.1 Å². The number of nitrogens with zero attached hydrogens (tertiary/aromatic N) is 2. The van der Waals surface area contributed by atoms with Gasteiger partial charge >= 0.3 is 0 Å². The third kappa shape index (κ3) is 3.58. The van der Waals surface area contributed by atoms with Gasteiger partial charge in [-0.25, -0.2) is 9.37 Å². The number of Topliss-reactive ketones (excluding diaryl/α,β-unsaturated/α-hetero) is 1. The van der Waals surface area contributed by atoms with E-state index in [1.54, 1.807) is 19.1 Å². The first kappa shape index (κ1) is 13.1. The van der Waals surface area contributed by atoms with Gasteiger partial charge in [0.2, 0.25) is 0 Å². The molecule has 0 amide bonds. The highest BCUT2D eigenvalue weighted by Gasteiger charge is 2.06. The Labute approximate surface area is 109 Å². The summed E-state index contributed by atoms with van der Waals surface area (Å²) < 4.78 is 14.0. The number of carbonyl (C=O) groups excluding carboxylic acids is 1. The molecule has 0 radical (unpaired) electrons. The third-order valence-electron chi connectivity index (χ3n) is 2.68. The molecule has 0 spiro atoms. The van der Waals surface area contributed by atoms with Crippen molar-refractivity contribution >= 4 is 5.78 Å². The van der Waals surface area contributed by atoms with E-state index >= 15 is 0 Å². The van der Waals surface area contributed by atoms with E-state index in [0.29, 0.717) is 5.69 Å². The average molecular weight is 260 g/mol. The molecule has 98 valence electrons. The molecule has 0 aliphatic carbocycles. The van der Waals surface area contributed by atoms with Gasteiger partial charge < -0.3 is 0 Å². The molecular formula is C14H13FN2O2. The van der Waals surface area contributed by atoms with Crippen LogP contribution in [0.2, 0.25) is 0 Å². The Bertz CT molecular complexity index is 647. The lowest BCUT2D eigenvalue weighted by Gasteiger charge is -2.05. The Balaban J connectivity index is 2.05. The van der Waals surface area contributed by atoms with Crippen molar-refractivity contribution in [2.75, 3.05) is 0 Å². The summed E-state index contributed by atoms with van der Waals surface area (Å²) in [4.78, 5) is 27.4. The number of aryl methyl sites for hydroxylation is 1. The summed E-state index contributed by atoms with van der Waals surface area (Å²) in [6, 6.07) is 7.11. The van der Waals surface area contributed by atoms with E-state index in [9.17, 15) is 14.0 Å². The second-order valence-corrected chi connectivity index (χ2v) is 4.34. The largest absolute Gasteiger partial charge is 0.297 e. The maximum absolute atomic E-state index is 12.7. The number of benzene rings is 1. The highest BCUT2D eigenvalue weighted by atomic mass is 19.1. The number of hydrogen-bond acceptors (Lipinski definition) is 3. The quantitative estimate of drug-likeness (QED) is 0.837. The van der Waals surface area contributed by atoms with Crippen LogP contribution in [0.1, 0.15) is 11.3 Å². The average Bonchev–Trinajstić information content (AvgIpc) is 2.36. The first-order chi connectivity index (χ1) is 9.04. The van der Waals surface area contributed by atoms with E-state index in [1.165, 1.54) is 29.1 Å². The Morgan fingerprint density at radius 2 is 2.00 bits per heavy atom. The Morgan fingerprint density at radius 3 is 2.63 bits per heavy atom. The fourth-order valence-corrected chi connectivity index (χ4v) is 1.71. The minimum atomic E-state index is -0.338. The van der Waals surface area contributed by atoms with Gasteiger partial charge in [0.25, 0.3) is 5.56 Å². The molecule has 0 aliphatic heterocycles. The van der Waals surface area contributed by atoms with Gasteiger partial charge in [-0.15, -0.1) is 0 Å². The zero-order chi connectivity index (χ0) is 13.8. The van der Waals surface area contributed by atoms with E-state index in [1.807, 2.05) is 0 Å². The highest BCUT2D eigenvalue weighted by molar-refractivity contribution is 5.80. The van der Waals surface area contributed by atoms with Crippen molar-refractivity contribution in [3.8, 4) is 0 Å². The van der Waals surface area contributed by atoms with Crippen molar-refractivity contribution < 1.29 is 9.18 Å². The number of aromatic nitrogens is 2. The zero-order valence-electron chi connectivity index (χ0n) is 10.5. The van der Waals surface area contributed by atoms with Crippen LogP contribution < -0.4 is 5.56 Å². The van der Waals surface area contributed by atoms with Gasteiger partial charge in [-0.3, -0.25) is 14.2 Å². The van der Waals surface area contributed by atoms with Crippen LogP contribution in [0, 0.1) is 12.7 Å². The van der Waals surface area contributed by atoms with Gasteiger partial charge in [0.1, 0.15) is 5.82 Å². The number of carbonyl (C=O) groups is 1. The molecule has 0 fully saturated rings. The molecule has 0 saturated heterocycles. The summed E-state index contributed by atoms with van der Waals surface area (Å²) in [7, 11) is 0. The number of ketones is 1. The Kier molecular flexibility index (Phi) is 3.85. The van der Waals surface area contributed by atoms with Gasteiger partial charge in [-0.05, 0) is 24.6 Å². The van der Waals surface area contributed by atoms with Crippen molar-refractivity contribution in [1.82, 2.24) is 9.55 Å². The molecule has 2 rings (SSSR count). The van der Waals surface area contributed by atoms with Crippen molar-refractivity contribution in [3.05, 3.63) is 64.1 Å². The third-order valence-corrected chi connectivity index (χ3v) is 2.68. The van der Waals surface area contributed by atoms with Gasteiger partial charge in [-0.2, -0.15) is 0 Å². The molecule has 1 aromatic heterocycles. The van der Waals surface area contributed by atoms with Crippen LogP contribution in [0.3, 0.4) is 0 Å². The van der Waals surface area contributed by atoms with E-state index < -0.39 is 0 Å². The maximum atomic E-state index is 12.7. The van der Waals surface area contributed by atoms with Crippen molar-refractivity contribution in [3.63, 3.8) is 0 Å². The first-order valence-corrected chi connectivity index (χ1v) is 5.84. The SMILES string of the molecule is Cc1cc(=O)n(CC(=O)Cc2ccc(F)cc2)cn1. The molecule has 1 heterocycles. The normalized spacial score (nSPS) is 10.4. The van der Waals surface area contributed by atoms with Crippen LogP contribution >= 0.6 is 0 Å². The Morgan fingerprint density at radius 1 is 1.32 bits per heavy atom. The molecule has 0 aliphatic rings. The van der Waals surface area contributed by atoms with Gasteiger partial charge in [0, 0.05) is 18.2 Å². The predicted octanol–water partition coefficient (Wildman–Crippen LogP) is 1.50. The molecule has 2 aromatic rings. The summed E-state index contributed by atoms with van der Waals surface area (Å²) in [5, 5.41) is 0. The zero-order valence-corrected chi connectivity index (χ0v) is 10.5. The van der Waals surface area contributed by atoms with Crippen LogP contribution in [-0.2, 0) is 17.8 Å². The summed E-state index contributed by atoms with van der Waals surface area (Å²) in [5.41, 5.74) is 1.09. The van der Waals surface area contributed by atoms with Gasteiger partial charge in [0.05, 0.1) is 12.9 Å². The lowest BCUT2D eigenvalue weighted by molar-refractivity contribution is -0.119. The summed E-state index contributed by atoms with van der Waals surface area (Å²) >= 11 is 0. The molecular weight excluding hydrogens is 247 g/mol. The van der Waals surface area contributed by atoms with Crippen molar-refractivity contribution in [1.29, 1.82) is 0 Å². The predicted molar refractivity (Wildman–Crippen MR) is 68.3 cm³/mol. The van der Waals surface area contributed by atoms with Crippen LogP contribution in [0.25, 0.3) is 0 Å². The fourth-order valence-electron chi connectivity index (χ4n) is 1.71.